The average Bonchev–Trinajstić information content (AvgIpc) is 2.77. The minimum absolute atomic E-state index is 0.0157. The lowest BCUT2D eigenvalue weighted by Crippen LogP contribution is -2.12. The summed E-state index contributed by atoms with van der Waals surface area (Å²) in [5, 5.41) is 4.47. The molecule has 2 rings (SSSR count). The minimum Gasteiger partial charge on any atom is -0.299 e. The van der Waals surface area contributed by atoms with Crippen LogP contribution in [-0.2, 0) is 30.6 Å². The van der Waals surface area contributed by atoms with Crippen LogP contribution < -0.4 is 0 Å². The van der Waals surface area contributed by atoms with E-state index < -0.39 is 0 Å². The highest BCUT2D eigenvalue weighted by molar-refractivity contribution is 9.10. The van der Waals surface area contributed by atoms with Crippen molar-refractivity contribution in [1.82, 2.24) is 9.78 Å². The fraction of sp³-hybridized carbons (Fsp3) is 0.375. The van der Waals surface area contributed by atoms with Gasteiger partial charge >= 0.3 is 0 Å². The number of Topliss-reactive ketones (excluding diaryl/α,β-unsaturated/α-hetero) is 1. The number of carbonyl (C=O) groups excluding carboxylic acids is 1. The van der Waals surface area contributed by atoms with E-state index in [2.05, 4.69) is 21.0 Å². The van der Waals surface area contributed by atoms with Crippen molar-refractivity contribution in [2.45, 2.75) is 39.7 Å². The highest BCUT2D eigenvalue weighted by Crippen LogP contribution is 2.23. The van der Waals surface area contributed by atoms with E-state index in [9.17, 15) is 9.18 Å². The van der Waals surface area contributed by atoms with Gasteiger partial charge in [-0.2, -0.15) is 5.10 Å². The summed E-state index contributed by atoms with van der Waals surface area (Å²) in [6.45, 7) is 4.72. The summed E-state index contributed by atoms with van der Waals surface area (Å²) in [5.41, 5.74) is 2.26. The Morgan fingerprint density at radius 3 is 2.62 bits per heavy atom. The van der Waals surface area contributed by atoms with Gasteiger partial charge in [-0.25, -0.2) is 4.39 Å². The molecular formula is C16H18BrFN2O. The first-order valence-electron chi connectivity index (χ1n) is 7.05. The number of hydrogen-bond acceptors (Lipinski definition) is 2. The van der Waals surface area contributed by atoms with E-state index in [0.29, 0.717) is 12.1 Å². The molecule has 0 aliphatic carbocycles. The molecule has 5 heteroatoms. The molecule has 0 saturated carbocycles. The van der Waals surface area contributed by atoms with E-state index in [1.54, 1.807) is 18.2 Å². The van der Waals surface area contributed by atoms with Crippen LogP contribution in [0.3, 0.4) is 0 Å². The SMILES string of the molecule is CCc1nn(CC)c(CC(=O)Cc2ccccc2F)c1Br. The van der Waals surface area contributed by atoms with E-state index in [-0.39, 0.29) is 24.4 Å². The Morgan fingerprint density at radius 1 is 1.29 bits per heavy atom. The predicted octanol–water partition coefficient (Wildman–Crippen LogP) is 3.72. The van der Waals surface area contributed by atoms with Gasteiger partial charge in [0.2, 0.25) is 0 Å². The molecule has 1 heterocycles. The molecule has 1 aromatic heterocycles. The van der Waals surface area contributed by atoms with Crippen molar-refractivity contribution in [1.29, 1.82) is 0 Å². The Hall–Kier alpha value is -1.49. The standard InChI is InChI=1S/C16H18BrFN2O/c1-3-14-16(17)15(20(4-2)19-14)10-12(21)9-11-7-5-6-8-13(11)18/h5-8H,3-4,9-10H2,1-2H3. The molecule has 0 unspecified atom stereocenters. The van der Waals surface area contributed by atoms with Crippen molar-refractivity contribution in [3.63, 3.8) is 0 Å². The quantitative estimate of drug-likeness (QED) is 0.793. The zero-order chi connectivity index (χ0) is 15.4. The number of halogens is 2. The second-order valence-electron chi connectivity index (χ2n) is 4.86. The lowest BCUT2D eigenvalue weighted by atomic mass is 10.0. The highest BCUT2D eigenvalue weighted by Gasteiger charge is 2.17. The third kappa shape index (κ3) is 3.59. The van der Waals surface area contributed by atoms with Gasteiger partial charge in [0.1, 0.15) is 11.6 Å². The van der Waals surface area contributed by atoms with Crippen LogP contribution >= 0.6 is 15.9 Å². The first-order chi connectivity index (χ1) is 10.1. The number of nitrogens with zero attached hydrogens (tertiary/aromatic N) is 2. The Labute approximate surface area is 132 Å². The van der Waals surface area contributed by atoms with Gasteiger partial charge in [0, 0.05) is 19.4 Å². The number of hydrogen-bond donors (Lipinski definition) is 0. The molecule has 0 atom stereocenters. The number of aromatic nitrogens is 2. The molecule has 112 valence electrons. The van der Waals surface area contributed by atoms with Crippen LogP contribution in [0.4, 0.5) is 4.39 Å². The monoisotopic (exact) mass is 352 g/mol. The van der Waals surface area contributed by atoms with Crippen LogP contribution in [0.5, 0.6) is 0 Å². The van der Waals surface area contributed by atoms with Crippen LogP contribution in [0, 0.1) is 5.82 Å². The van der Waals surface area contributed by atoms with Gasteiger partial charge in [0.15, 0.2) is 0 Å². The van der Waals surface area contributed by atoms with Crippen LogP contribution in [0.2, 0.25) is 0 Å². The number of benzene rings is 1. The first kappa shape index (κ1) is 15.9. The van der Waals surface area contributed by atoms with Crippen molar-refractivity contribution >= 4 is 21.7 Å². The molecule has 0 spiro atoms. The van der Waals surface area contributed by atoms with Crippen molar-refractivity contribution < 1.29 is 9.18 Å². The topological polar surface area (TPSA) is 34.9 Å². The summed E-state index contributed by atoms with van der Waals surface area (Å²) >= 11 is 3.52. The minimum atomic E-state index is -0.330. The third-order valence-electron chi connectivity index (χ3n) is 3.40. The van der Waals surface area contributed by atoms with Crippen molar-refractivity contribution in [3.8, 4) is 0 Å². The largest absolute Gasteiger partial charge is 0.299 e. The number of ketones is 1. The van der Waals surface area contributed by atoms with E-state index in [4.69, 9.17) is 0 Å². The Kier molecular flexibility index (Phi) is 5.28. The molecule has 1 aromatic carbocycles. The Balaban J connectivity index is 2.17. The lowest BCUT2D eigenvalue weighted by molar-refractivity contribution is -0.117. The molecule has 21 heavy (non-hydrogen) atoms. The first-order valence-corrected chi connectivity index (χ1v) is 7.85. The van der Waals surface area contributed by atoms with Gasteiger partial charge in [-0.1, -0.05) is 25.1 Å². The van der Waals surface area contributed by atoms with E-state index in [0.717, 1.165) is 22.3 Å². The molecule has 0 N–H and O–H groups in total. The van der Waals surface area contributed by atoms with Gasteiger partial charge in [-0.05, 0) is 40.9 Å². The molecule has 0 bridgehead atoms. The fourth-order valence-corrected chi connectivity index (χ4v) is 2.99. The van der Waals surface area contributed by atoms with Crippen LogP contribution in [0.1, 0.15) is 30.8 Å². The number of carbonyl (C=O) groups is 1. The summed E-state index contributed by atoms with van der Waals surface area (Å²) in [5.74, 6) is -0.346. The Bertz CT molecular complexity index is 652. The summed E-state index contributed by atoms with van der Waals surface area (Å²) in [7, 11) is 0. The highest BCUT2D eigenvalue weighted by atomic mass is 79.9. The van der Waals surface area contributed by atoms with E-state index in [1.165, 1.54) is 6.07 Å². The lowest BCUT2D eigenvalue weighted by Gasteiger charge is -2.06. The normalized spacial score (nSPS) is 10.9. The smallest absolute Gasteiger partial charge is 0.143 e. The average molecular weight is 353 g/mol. The maximum Gasteiger partial charge on any atom is 0.143 e. The fourth-order valence-electron chi connectivity index (χ4n) is 2.29. The number of rotatable bonds is 6. The maximum absolute atomic E-state index is 13.6. The van der Waals surface area contributed by atoms with E-state index in [1.807, 2.05) is 18.5 Å². The Morgan fingerprint density at radius 2 is 2.00 bits per heavy atom. The predicted molar refractivity (Wildman–Crippen MR) is 83.8 cm³/mol. The molecule has 0 radical (unpaired) electrons. The van der Waals surface area contributed by atoms with Gasteiger partial charge in [-0.15, -0.1) is 0 Å². The zero-order valence-electron chi connectivity index (χ0n) is 12.2. The van der Waals surface area contributed by atoms with Crippen molar-refractivity contribution in [3.05, 3.63) is 51.5 Å². The molecular weight excluding hydrogens is 335 g/mol. The van der Waals surface area contributed by atoms with Crippen molar-refractivity contribution in [2.24, 2.45) is 0 Å². The molecule has 0 fully saturated rings. The van der Waals surface area contributed by atoms with Gasteiger partial charge in [-0.3, -0.25) is 9.48 Å². The van der Waals surface area contributed by atoms with E-state index >= 15 is 0 Å². The van der Waals surface area contributed by atoms with Gasteiger partial charge in [0.25, 0.3) is 0 Å². The second kappa shape index (κ2) is 6.98. The summed E-state index contributed by atoms with van der Waals surface area (Å²) < 4.78 is 16.3. The molecule has 2 aromatic rings. The van der Waals surface area contributed by atoms with Crippen molar-refractivity contribution in [2.75, 3.05) is 0 Å². The summed E-state index contributed by atoms with van der Waals surface area (Å²) in [4.78, 5) is 12.2. The van der Waals surface area contributed by atoms with Gasteiger partial charge in [0.05, 0.1) is 15.9 Å². The number of aryl methyl sites for hydroxylation is 2. The van der Waals surface area contributed by atoms with Gasteiger partial charge < -0.3 is 0 Å². The summed E-state index contributed by atoms with van der Waals surface area (Å²) in [6, 6.07) is 6.40. The second-order valence-corrected chi connectivity index (χ2v) is 5.65. The summed E-state index contributed by atoms with van der Waals surface area (Å²) in [6.07, 6.45) is 1.17. The third-order valence-corrected chi connectivity index (χ3v) is 4.32. The van der Waals surface area contributed by atoms with Crippen LogP contribution in [-0.4, -0.2) is 15.6 Å². The maximum atomic E-state index is 13.6. The molecule has 0 aliphatic rings. The molecule has 0 aliphatic heterocycles. The molecule has 0 amide bonds. The molecule has 3 nitrogen and oxygen atoms in total. The van der Waals surface area contributed by atoms with Crippen LogP contribution in [0.15, 0.2) is 28.7 Å². The van der Waals surface area contributed by atoms with Crippen LogP contribution in [0.25, 0.3) is 0 Å². The molecule has 0 saturated heterocycles. The zero-order valence-corrected chi connectivity index (χ0v) is 13.8.